The number of hydrogen-bond donors (Lipinski definition) is 0. The number of benzene rings is 5. The molecule has 0 atom stereocenters. The topological polar surface area (TPSA) is 43.6 Å². The van der Waals surface area contributed by atoms with Crippen LogP contribution < -0.4 is 0 Å². The van der Waals surface area contributed by atoms with Crippen LogP contribution >= 0.6 is 0 Å². The van der Waals surface area contributed by atoms with Gasteiger partial charge in [0.25, 0.3) is 0 Å². The van der Waals surface area contributed by atoms with Crippen molar-refractivity contribution in [3.63, 3.8) is 0 Å². The summed E-state index contributed by atoms with van der Waals surface area (Å²) in [4.78, 5) is 4.53. The first-order valence-corrected chi connectivity index (χ1v) is 14.0. The summed E-state index contributed by atoms with van der Waals surface area (Å²) in [5.74, 6) is 0. The summed E-state index contributed by atoms with van der Waals surface area (Å²) in [5.41, 5.74) is 13.1. The molecule has 2 heterocycles. The summed E-state index contributed by atoms with van der Waals surface area (Å²) in [6.07, 6.45) is 3.80. The highest BCUT2D eigenvalue weighted by Crippen LogP contribution is 2.34. The molecule has 0 saturated heterocycles. The van der Waals surface area contributed by atoms with Gasteiger partial charge < -0.3 is 0 Å². The van der Waals surface area contributed by atoms with Gasteiger partial charge in [0.15, 0.2) is 0 Å². The van der Waals surface area contributed by atoms with E-state index in [-0.39, 0.29) is 0 Å². The second-order valence-corrected chi connectivity index (χ2v) is 10.4. The Balaban J connectivity index is 1.21. The molecule has 0 bridgehead atoms. The van der Waals surface area contributed by atoms with Crippen molar-refractivity contribution < 1.29 is 0 Å². The van der Waals surface area contributed by atoms with Crippen molar-refractivity contribution in [1.29, 1.82) is 0 Å². The first kappa shape index (κ1) is 25.4. The van der Waals surface area contributed by atoms with Gasteiger partial charge >= 0.3 is 0 Å². The second-order valence-electron chi connectivity index (χ2n) is 10.4. The molecular weight excluding hydrogens is 512 g/mol. The number of aryl methyl sites for hydroxylation is 1. The number of hydrogen-bond acceptors (Lipinski definition) is 3. The molecule has 4 heteroatoms. The van der Waals surface area contributed by atoms with Crippen molar-refractivity contribution >= 4 is 0 Å². The molecule has 0 aliphatic heterocycles. The van der Waals surface area contributed by atoms with Crippen molar-refractivity contribution in [3.8, 4) is 61.6 Å². The molecule has 7 aromatic rings. The fourth-order valence-corrected chi connectivity index (χ4v) is 5.30. The molecule has 0 unspecified atom stereocenters. The first-order valence-electron chi connectivity index (χ1n) is 14.0. The molecule has 0 fully saturated rings. The Morgan fingerprint density at radius 3 is 1.64 bits per heavy atom. The summed E-state index contributed by atoms with van der Waals surface area (Å²) >= 11 is 0. The van der Waals surface area contributed by atoms with E-state index in [0.717, 1.165) is 33.8 Å². The van der Waals surface area contributed by atoms with E-state index in [1.807, 2.05) is 35.3 Å². The zero-order chi connectivity index (χ0) is 28.3. The number of rotatable bonds is 6. The zero-order valence-corrected chi connectivity index (χ0v) is 23.2. The fourth-order valence-electron chi connectivity index (χ4n) is 5.30. The summed E-state index contributed by atoms with van der Waals surface area (Å²) < 4.78 is 1.82. The van der Waals surface area contributed by atoms with Crippen molar-refractivity contribution in [3.05, 3.63) is 157 Å². The van der Waals surface area contributed by atoms with E-state index >= 15 is 0 Å². The Kier molecular flexibility index (Phi) is 6.71. The van der Waals surface area contributed by atoms with Crippen LogP contribution in [0.1, 0.15) is 5.56 Å². The third-order valence-electron chi connectivity index (χ3n) is 7.58. The molecule has 0 aliphatic carbocycles. The van der Waals surface area contributed by atoms with Crippen LogP contribution in [-0.2, 0) is 0 Å². The molecular formula is C38H28N4. The first-order chi connectivity index (χ1) is 20.7. The Morgan fingerprint density at radius 1 is 0.476 bits per heavy atom. The van der Waals surface area contributed by atoms with Crippen LogP contribution in [0, 0.1) is 6.92 Å². The van der Waals surface area contributed by atoms with Gasteiger partial charge in [-0.25, -0.2) is 4.68 Å². The maximum atomic E-state index is 4.53. The Bertz CT molecular complexity index is 1900. The molecule has 0 saturated carbocycles. The Hall–Kier alpha value is -5.61. The fraction of sp³-hybridized carbons (Fsp3) is 0.0263. The van der Waals surface area contributed by atoms with Gasteiger partial charge in [0, 0.05) is 17.3 Å². The monoisotopic (exact) mass is 540 g/mol. The normalized spacial score (nSPS) is 11.0. The van der Waals surface area contributed by atoms with E-state index in [2.05, 4.69) is 144 Å². The number of pyridine rings is 1. The van der Waals surface area contributed by atoms with E-state index in [1.165, 1.54) is 33.4 Å². The largest absolute Gasteiger partial charge is 0.256 e. The lowest BCUT2D eigenvalue weighted by molar-refractivity contribution is 0.804. The predicted molar refractivity (Wildman–Crippen MR) is 171 cm³/mol. The van der Waals surface area contributed by atoms with Gasteiger partial charge in [-0.15, -0.1) is 5.10 Å². The average molecular weight is 541 g/mol. The van der Waals surface area contributed by atoms with Crippen molar-refractivity contribution in [1.82, 2.24) is 20.0 Å². The molecule has 5 aromatic carbocycles. The standard InChI is InChI=1S/C38H28N4/c1-27-15-20-35(25-36(27)37-14-8-9-21-39-37)42-26-38(40-41-42)31-18-16-30(17-19-31)34-23-32(28-10-4-2-5-11-28)22-33(24-34)29-12-6-3-7-13-29/h2-26H,1H3. The lowest BCUT2D eigenvalue weighted by Gasteiger charge is -2.11. The zero-order valence-electron chi connectivity index (χ0n) is 23.2. The highest BCUT2D eigenvalue weighted by atomic mass is 15.4. The minimum absolute atomic E-state index is 0.824. The highest BCUT2D eigenvalue weighted by molar-refractivity contribution is 5.81. The van der Waals surface area contributed by atoms with Gasteiger partial charge in [0.2, 0.25) is 0 Å². The maximum absolute atomic E-state index is 4.53. The van der Waals surface area contributed by atoms with Gasteiger partial charge in [0.05, 0.1) is 17.6 Å². The van der Waals surface area contributed by atoms with Gasteiger partial charge in [-0.05, 0) is 88.3 Å². The molecule has 0 N–H and O–H groups in total. The van der Waals surface area contributed by atoms with E-state index in [1.54, 1.807) is 0 Å². The molecule has 2 aromatic heterocycles. The highest BCUT2D eigenvalue weighted by Gasteiger charge is 2.11. The van der Waals surface area contributed by atoms with E-state index < -0.39 is 0 Å². The van der Waals surface area contributed by atoms with E-state index in [4.69, 9.17) is 0 Å². The third-order valence-corrected chi connectivity index (χ3v) is 7.58. The third kappa shape index (κ3) is 5.14. The molecule has 0 aliphatic rings. The Labute approximate surface area is 245 Å². The molecule has 200 valence electrons. The van der Waals surface area contributed by atoms with E-state index in [0.29, 0.717) is 0 Å². The average Bonchev–Trinajstić information content (AvgIpc) is 3.57. The van der Waals surface area contributed by atoms with Crippen LogP contribution in [0.15, 0.2) is 152 Å². The molecule has 0 amide bonds. The minimum Gasteiger partial charge on any atom is -0.256 e. The smallest absolute Gasteiger partial charge is 0.113 e. The van der Waals surface area contributed by atoms with Crippen molar-refractivity contribution in [2.75, 3.05) is 0 Å². The predicted octanol–water partition coefficient (Wildman–Crippen LogP) is 9.31. The lowest BCUT2D eigenvalue weighted by atomic mass is 9.93. The minimum atomic E-state index is 0.824. The van der Waals surface area contributed by atoms with Gasteiger partial charge in [-0.2, -0.15) is 0 Å². The van der Waals surface area contributed by atoms with Crippen LogP contribution in [0.4, 0.5) is 0 Å². The molecule has 0 radical (unpaired) electrons. The quantitative estimate of drug-likeness (QED) is 0.211. The molecule has 0 spiro atoms. The summed E-state index contributed by atoms with van der Waals surface area (Å²) in [7, 11) is 0. The second kappa shape index (κ2) is 11.1. The van der Waals surface area contributed by atoms with Gasteiger partial charge in [-0.3, -0.25) is 4.98 Å². The maximum Gasteiger partial charge on any atom is 0.113 e. The molecule has 4 nitrogen and oxygen atoms in total. The van der Waals surface area contributed by atoms with Crippen LogP contribution in [-0.4, -0.2) is 20.0 Å². The summed E-state index contributed by atoms with van der Waals surface area (Å²) in [6, 6.07) is 48.7. The lowest BCUT2D eigenvalue weighted by Crippen LogP contribution is -1.97. The van der Waals surface area contributed by atoms with E-state index in [9.17, 15) is 0 Å². The van der Waals surface area contributed by atoms with Crippen molar-refractivity contribution in [2.24, 2.45) is 0 Å². The van der Waals surface area contributed by atoms with Crippen LogP contribution in [0.2, 0.25) is 0 Å². The Morgan fingerprint density at radius 2 is 1.05 bits per heavy atom. The molecule has 7 rings (SSSR count). The van der Waals surface area contributed by atoms with Crippen LogP contribution in [0.3, 0.4) is 0 Å². The summed E-state index contributed by atoms with van der Waals surface area (Å²) in [5, 5.41) is 8.94. The van der Waals surface area contributed by atoms with Crippen molar-refractivity contribution in [2.45, 2.75) is 6.92 Å². The number of nitrogens with zero attached hydrogens (tertiary/aromatic N) is 4. The van der Waals surface area contributed by atoms with Crippen LogP contribution in [0.25, 0.3) is 61.6 Å². The SMILES string of the molecule is Cc1ccc(-n2cc(-c3ccc(-c4cc(-c5ccccc5)cc(-c5ccccc5)c4)cc3)nn2)cc1-c1ccccn1. The van der Waals surface area contributed by atoms with Gasteiger partial charge in [0.1, 0.15) is 5.69 Å². The number of aromatic nitrogens is 4. The van der Waals surface area contributed by atoms with Gasteiger partial charge in [-0.1, -0.05) is 102 Å². The van der Waals surface area contributed by atoms with Crippen LogP contribution in [0.5, 0.6) is 0 Å². The molecule has 42 heavy (non-hydrogen) atoms. The summed E-state index contributed by atoms with van der Waals surface area (Å²) in [6.45, 7) is 2.10.